The van der Waals surface area contributed by atoms with E-state index >= 15 is 0 Å². The van der Waals surface area contributed by atoms with Crippen LogP contribution in [0.15, 0.2) is 0 Å². The summed E-state index contributed by atoms with van der Waals surface area (Å²) in [5, 5.41) is 0. The summed E-state index contributed by atoms with van der Waals surface area (Å²) in [5.74, 6) is 0. The number of rotatable bonds is 4. The normalized spacial score (nSPS) is 5.87. The molecule has 0 aliphatic rings. The molecule has 0 aliphatic heterocycles. The van der Waals surface area contributed by atoms with Gasteiger partial charge in [-0.25, -0.2) is 0 Å². The van der Waals surface area contributed by atoms with Crippen LogP contribution in [0.25, 0.3) is 0 Å². The fraction of sp³-hybridized carbons (Fsp3) is 0.167. The molecule has 0 saturated heterocycles. The molecular formula is C12H16MoO2. The van der Waals surface area contributed by atoms with E-state index in [0.717, 1.165) is 0 Å². The zero-order chi connectivity index (χ0) is 12.2. The molecule has 3 heteroatoms. The Bertz CT molecular complexity index is 74.1. The second kappa shape index (κ2) is 64.6. The van der Waals surface area contributed by atoms with E-state index in [4.69, 9.17) is 9.30 Å². The van der Waals surface area contributed by atoms with E-state index in [0.29, 0.717) is 0 Å². The molecule has 0 heterocycles. The summed E-state index contributed by atoms with van der Waals surface area (Å²) < 4.78 is 15.0. The second-order valence-electron chi connectivity index (χ2n) is 1.52. The molecule has 0 unspecified atom stereocenters. The maximum atomic E-state index is 7.50. The van der Waals surface area contributed by atoms with Crippen molar-refractivity contribution >= 4 is 0 Å². The summed E-state index contributed by atoms with van der Waals surface area (Å²) in [4.78, 5) is 0. The van der Waals surface area contributed by atoms with E-state index in [-0.39, 0.29) is 21.1 Å². The Labute approximate surface area is 110 Å². The Morgan fingerprint density at radius 1 is 0.800 bits per heavy atom. The number of hydrogen-bond acceptors (Lipinski definition) is 0. The first kappa shape index (κ1) is 29.4. The van der Waals surface area contributed by atoms with E-state index in [1.165, 1.54) is 0 Å². The van der Waals surface area contributed by atoms with Crippen LogP contribution in [0.2, 0.25) is 0 Å². The van der Waals surface area contributed by atoms with Crippen LogP contribution in [0, 0.1) is 65.7 Å². The molecule has 0 aromatic carbocycles. The first-order valence-electron chi connectivity index (χ1n) is 3.71. The Morgan fingerprint density at radius 3 is 1.00 bits per heavy atom. The van der Waals surface area contributed by atoms with Crippen molar-refractivity contribution in [1.82, 2.24) is 0 Å². The average Bonchev–Trinajstić information content (AvgIpc) is 2.27. The fourth-order valence-corrected chi connectivity index (χ4v) is 0.272. The standard InChI is InChI=1S/2C5H8.2CO.Mo/c2*1-3-5-4-2;2*1-2;/h2*3-5H,1H2,2H3;;;. The van der Waals surface area contributed by atoms with Gasteiger partial charge in [-0.2, -0.15) is 0 Å². The molecule has 0 spiro atoms. The number of hydrogen-bond donors (Lipinski definition) is 0. The first-order valence-corrected chi connectivity index (χ1v) is 3.71. The van der Waals surface area contributed by atoms with Crippen molar-refractivity contribution in [2.45, 2.75) is 13.8 Å². The second-order valence-corrected chi connectivity index (χ2v) is 1.52. The van der Waals surface area contributed by atoms with Gasteiger partial charge in [0.2, 0.25) is 0 Å². The van der Waals surface area contributed by atoms with Gasteiger partial charge in [0.1, 0.15) is 0 Å². The third-order valence-electron chi connectivity index (χ3n) is 0.657. The zero-order valence-electron chi connectivity index (χ0n) is 9.10. The maximum Gasteiger partial charge on any atom is 0 e. The third-order valence-corrected chi connectivity index (χ3v) is 0.657. The summed E-state index contributed by atoms with van der Waals surface area (Å²) in [7, 11) is 0. The third kappa shape index (κ3) is 121. The number of unbranched alkanes of at least 4 members (excludes halogenated alkanes) is 4. The van der Waals surface area contributed by atoms with E-state index < -0.39 is 0 Å². The Morgan fingerprint density at radius 2 is 1.00 bits per heavy atom. The van der Waals surface area contributed by atoms with E-state index in [1.807, 2.05) is 39.5 Å². The monoisotopic (exact) mass is 290 g/mol. The van der Waals surface area contributed by atoms with Crippen molar-refractivity contribution in [3.8, 4) is 0 Å². The Kier molecular flexibility index (Phi) is 127. The summed E-state index contributed by atoms with van der Waals surface area (Å²) in [6.07, 6.45) is 11.2. The van der Waals surface area contributed by atoms with Crippen LogP contribution in [0.5, 0.6) is 0 Å². The minimum Gasteiger partial charge on any atom is -0.0620 e. The van der Waals surface area contributed by atoms with Crippen LogP contribution in [-0.4, -0.2) is 0 Å². The van der Waals surface area contributed by atoms with Crippen LogP contribution < -0.4 is 0 Å². The van der Waals surface area contributed by atoms with Gasteiger partial charge in [0.25, 0.3) is 0 Å². The fourth-order valence-electron chi connectivity index (χ4n) is 0.272. The summed E-state index contributed by atoms with van der Waals surface area (Å²) in [5.41, 5.74) is 0. The van der Waals surface area contributed by atoms with Crippen LogP contribution in [0.3, 0.4) is 0 Å². The van der Waals surface area contributed by atoms with Crippen molar-refractivity contribution in [3.05, 3.63) is 65.7 Å². The topological polar surface area (TPSA) is 39.8 Å². The quantitative estimate of drug-likeness (QED) is 0.433. The molecule has 8 radical (unpaired) electrons. The SMILES string of the molecule is [C-]#[O+].[C-]#[O+].[CH2][CH][CH][CH]C.[CH2][CH][CH][CH]C.[Mo]. The van der Waals surface area contributed by atoms with Crippen molar-refractivity contribution in [1.29, 1.82) is 0 Å². The van der Waals surface area contributed by atoms with E-state index in [2.05, 4.69) is 27.1 Å². The van der Waals surface area contributed by atoms with Crippen molar-refractivity contribution < 1.29 is 30.4 Å². The zero-order valence-corrected chi connectivity index (χ0v) is 11.1. The molecular weight excluding hydrogens is 272 g/mol. The van der Waals surface area contributed by atoms with Gasteiger partial charge in [-0.05, 0) is 52.4 Å². The molecule has 0 bridgehead atoms. The van der Waals surface area contributed by atoms with Crippen LogP contribution in [0.4, 0.5) is 0 Å². The van der Waals surface area contributed by atoms with Gasteiger partial charge in [-0.1, -0.05) is 13.8 Å². The minimum atomic E-state index is 0. The van der Waals surface area contributed by atoms with Gasteiger partial charge in [0.15, 0.2) is 0 Å². The summed E-state index contributed by atoms with van der Waals surface area (Å²) in [6, 6.07) is 0. The van der Waals surface area contributed by atoms with E-state index in [9.17, 15) is 0 Å². The van der Waals surface area contributed by atoms with Crippen LogP contribution >= 0.6 is 0 Å². The van der Waals surface area contributed by atoms with Crippen molar-refractivity contribution in [2.75, 3.05) is 0 Å². The Hall–Kier alpha value is 0.168. The molecule has 0 aromatic heterocycles. The molecule has 0 amide bonds. The Balaban J connectivity index is -0.0000000318. The van der Waals surface area contributed by atoms with Crippen LogP contribution in [0.1, 0.15) is 13.8 Å². The molecule has 0 N–H and O–H groups in total. The van der Waals surface area contributed by atoms with Gasteiger partial charge in [0.05, 0.1) is 0 Å². The molecule has 0 atom stereocenters. The summed E-state index contributed by atoms with van der Waals surface area (Å²) >= 11 is 0. The van der Waals surface area contributed by atoms with Gasteiger partial charge in [-0.15, -0.1) is 0 Å². The predicted molar refractivity (Wildman–Crippen MR) is 55.7 cm³/mol. The van der Waals surface area contributed by atoms with Crippen LogP contribution in [-0.2, 0) is 30.4 Å². The molecule has 82 valence electrons. The van der Waals surface area contributed by atoms with Gasteiger partial charge in [0, 0.05) is 21.1 Å². The molecule has 0 fully saturated rings. The van der Waals surface area contributed by atoms with E-state index in [1.54, 1.807) is 12.8 Å². The van der Waals surface area contributed by atoms with Gasteiger partial charge < -0.3 is 0 Å². The minimum absolute atomic E-state index is 0. The van der Waals surface area contributed by atoms with Gasteiger partial charge in [-0.3, -0.25) is 0 Å². The molecule has 15 heavy (non-hydrogen) atoms. The average molecular weight is 288 g/mol. The smallest absolute Gasteiger partial charge is 0 e. The largest absolute Gasteiger partial charge is 0.0620 e. The molecule has 0 rings (SSSR count). The van der Waals surface area contributed by atoms with Crippen molar-refractivity contribution in [3.63, 3.8) is 0 Å². The maximum absolute atomic E-state index is 7.50. The van der Waals surface area contributed by atoms with Crippen molar-refractivity contribution in [2.24, 2.45) is 0 Å². The predicted octanol–water partition coefficient (Wildman–Crippen LogP) is 2.83. The molecule has 0 saturated carbocycles. The molecule has 0 aromatic rings. The molecule has 2 nitrogen and oxygen atoms in total. The van der Waals surface area contributed by atoms with Gasteiger partial charge >= 0.3 is 22.6 Å². The molecule has 0 aliphatic carbocycles. The summed E-state index contributed by atoms with van der Waals surface area (Å²) in [6.45, 7) is 19.8. The first-order chi connectivity index (χ1) is 6.83.